The van der Waals surface area contributed by atoms with Crippen molar-refractivity contribution < 1.29 is 4.79 Å². The maximum absolute atomic E-state index is 11.9. The molecule has 88 valence electrons. The van der Waals surface area contributed by atoms with E-state index in [2.05, 4.69) is 6.92 Å². The summed E-state index contributed by atoms with van der Waals surface area (Å²) in [5.41, 5.74) is 0.919. The third-order valence-corrected chi connectivity index (χ3v) is 3.02. The van der Waals surface area contributed by atoms with Crippen LogP contribution in [-0.2, 0) is 4.79 Å². The summed E-state index contributed by atoms with van der Waals surface area (Å²) in [5, 5.41) is 0.734. The van der Waals surface area contributed by atoms with Gasteiger partial charge in [0.2, 0.25) is 0 Å². The Balaban J connectivity index is 2.69. The quantitative estimate of drug-likeness (QED) is 0.761. The first-order chi connectivity index (χ1) is 7.30. The Labute approximate surface area is 103 Å². The van der Waals surface area contributed by atoms with Crippen LogP contribution in [0.15, 0.2) is 24.3 Å². The van der Waals surface area contributed by atoms with E-state index >= 15 is 0 Å². The van der Waals surface area contributed by atoms with E-state index in [0.29, 0.717) is 12.2 Å². The summed E-state index contributed by atoms with van der Waals surface area (Å²) < 4.78 is 0. The van der Waals surface area contributed by atoms with E-state index in [4.69, 9.17) is 11.6 Å². The number of carbonyl (C=O) groups excluding carboxylic acids is 1. The van der Waals surface area contributed by atoms with Gasteiger partial charge in [0.15, 0.2) is 0 Å². The molecule has 0 fully saturated rings. The van der Waals surface area contributed by atoms with Crippen molar-refractivity contribution in [3.63, 3.8) is 0 Å². The Kier molecular flexibility index (Phi) is 4.15. The van der Waals surface area contributed by atoms with Crippen LogP contribution < -0.4 is 0 Å². The lowest BCUT2D eigenvalue weighted by atomic mass is 9.84. The monoisotopic (exact) mass is 238 g/mol. The molecule has 0 radical (unpaired) electrons. The molecule has 0 aliphatic heterocycles. The summed E-state index contributed by atoms with van der Waals surface area (Å²) in [4.78, 5) is 11.9. The van der Waals surface area contributed by atoms with Gasteiger partial charge in [-0.1, -0.05) is 51.4 Å². The number of benzene rings is 1. The van der Waals surface area contributed by atoms with Gasteiger partial charge in [-0.2, -0.15) is 0 Å². The zero-order valence-corrected chi connectivity index (χ0v) is 11.1. The molecular weight excluding hydrogens is 220 g/mol. The fourth-order valence-electron chi connectivity index (χ4n) is 1.49. The number of carbonyl (C=O) groups is 1. The smallest absolute Gasteiger partial charge is 0.138 e. The predicted octanol–water partition coefficient (Wildman–Crippen LogP) is 4.45. The molecule has 0 bridgehead atoms. The molecular formula is C14H19ClO. The first-order valence-electron chi connectivity index (χ1n) is 5.59. The molecule has 0 aliphatic carbocycles. The number of rotatable bonds is 3. The summed E-state index contributed by atoms with van der Waals surface area (Å²) in [7, 11) is 0. The molecule has 0 saturated heterocycles. The van der Waals surface area contributed by atoms with Crippen LogP contribution in [0.3, 0.4) is 0 Å². The van der Waals surface area contributed by atoms with Crippen LogP contribution in [-0.4, -0.2) is 5.78 Å². The van der Waals surface area contributed by atoms with E-state index < -0.39 is 0 Å². The molecule has 1 aromatic carbocycles. The van der Waals surface area contributed by atoms with Gasteiger partial charge in [-0.3, -0.25) is 4.79 Å². The molecule has 0 spiro atoms. The second-order valence-corrected chi connectivity index (χ2v) is 5.77. The molecule has 1 atom stereocenters. The SMILES string of the molecule is CC(CC(=O)C(C)(C)C)c1ccc(Cl)cc1. The number of hydrogen-bond acceptors (Lipinski definition) is 1. The Bertz CT molecular complexity index is 359. The normalized spacial score (nSPS) is 13.6. The topological polar surface area (TPSA) is 17.1 Å². The van der Waals surface area contributed by atoms with E-state index in [9.17, 15) is 4.79 Å². The van der Waals surface area contributed by atoms with E-state index in [0.717, 1.165) is 5.02 Å². The van der Waals surface area contributed by atoms with Gasteiger partial charge in [-0.25, -0.2) is 0 Å². The average Bonchev–Trinajstić information content (AvgIpc) is 2.17. The zero-order valence-electron chi connectivity index (χ0n) is 10.4. The molecule has 0 amide bonds. The number of Topliss-reactive ketones (excluding diaryl/α,β-unsaturated/α-hetero) is 1. The highest BCUT2D eigenvalue weighted by Crippen LogP contribution is 2.26. The lowest BCUT2D eigenvalue weighted by Gasteiger charge is -2.19. The maximum Gasteiger partial charge on any atom is 0.138 e. The van der Waals surface area contributed by atoms with Crippen LogP contribution in [0.4, 0.5) is 0 Å². The third-order valence-electron chi connectivity index (χ3n) is 2.77. The van der Waals surface area contributed by atoms with Crippen LogP contribution in [0.2, 0.25) is 5.02 Å². The Hall–Kier alpha value is -0.820. The molecule has 0 heterocycles. The van der Waals surface area contributed by atoms with Crippen molar-refractivity contribution >= 4 is 17.4 Å². The number of halogens is 1. The molecule has 2 heteroatoms. The van der Waals surface area contributed by atoms with Crippen molar-refractivity contribution in [1.82, 2.24) is 0 Å². The molecule has 1 rings (SSSR count). The van der Waals surface area contributed by atoms with Gasteiger partial charge in [-0.15, -0.1) is 0 Å². The molecule has 0 aromatic heterocycles. The van der Waals surface area contributed by atoms with E-state index in [1.807, 2.05) is 45.0 Å². The minimum Gasteiger partial charge on any atom is -0.299 e. The highest BCUT2D eigenvalue weighted by Gasteiger charge is 2.23. The number of ketones is 1. The van der Waals surface area contributed by atoms with Crippen LogP contribution in [0.25, 0.3) is 0 Å². The van der Waals surface area contributed by atoms with Gasteiger partial charge in [0, 0.05) is 16.9 Å². The van der Waals surface area contributed by atoms with Crippen LogP contribution in [0.5, 0.6) is 0 Å². The molecule has 16 heavy (non-hydrogen) atoms. The molecule has 1 nitrogen and oxygen atoms in total. The van der Waals surface area contributed by atoms with Crippen LogP contribution >= 0.6 is 11.6 Å². The minimum absolute atomic E-state index is 0.249. The average molecular weight is 239 g/mol. The molecule has 1 unspecified atom stereocenters. The maximum atomic E-state index is 11.9. The second-order valence-electron chi connectivity index (χ2n) is 5.33. The van der Waals surface area contributed by atoms with Gasteiger partial charge in [0.05, 0.1) is 0 Å². The van der Waals surface area contributed by atoms with Crippen molar-refractivity contribution in [2.75, 3.05) is 0 Å². The molecule has 0 saturated carbocycles. The second kappa shape index (κ2) is 5.01. The summed E-state index contributed by atoms with van der Waals surface area (Å²) in [6, 6.07) is 7.72. The zero-order chi connectivity index (χ0) is 12.3. The van der Waals surface area contributed by atoms with Gasteiger partial charge in [0.1, 0.15) is 5.78 Å². The lowest BCUT2D eigenvalue weighted by molar-refractivity contribution is -0.126. The minimum atomic E-state index is -0.249. The van der Waals surface area contributed by atoms with Crippen molar-refractivity contribution in [1.29, 1.82) is 0 Å². The summed E-state index contributed by atoms with van der Waals surface area (Å²) in [6.07, 6.45) is 0.588. The van der Waals surface area contributed by atoms with Gasteiger partial charge in [0.25, 0.3) is 0 Å². The van der Waals surface area contributed by atoms with Crippen molar-refractivity contribution in [2.24, 2.45) is 5.41 Å². The fraction of sp³-hybridized carbons (Fsp3) is 0.500. The van der Waals surface area contributed by atoms with Gasteiger partial charge < -0.3 is 0 Å². The molecule has 0 N–H and O–H groups in total. The highest BCUT2D eigenvalue weighted by atomic mass is 35.5. The summed E-state index contributed by atoms with van der Waals surface area (Å²) >= 11 is 5.83. The van der Waals surface area contributed by atoms with Crippen LogP contribution in [0.1, 0.15) is 45.6 Å². The first kappa shape index (κ1) is 13.2. The molecule has 1 aromatic rings. The van der Waals surface area contributed by atoms with Crippen molar-refractivity contribution in [3.8, 4) is 0 Å². The van der Waals surface area contributed by atoms with E-state index in [-0.39, 0.29) is 11.3 Å². The highest BCUT2D eigenvalue weighted by molar-refractivity contribution is 6.30. The predicted molar refractivity (Wildman–Crippen MR) is 68.9 cm³/mol. The Morgan fingerprint density at radius 2 is 1.75 bits per heavy atom. The third kappa shape index (κ3) is 3.64. The van der Waals surface area contributed by atoms with Gasteiger partial charge >= 0.3 is 0 Å². The fourth-order valence-corrected chi connectivity index (χ4v) is 1.62. The Morgan fingerprint density at radius 1 is 1.25 bits per heavy atom. The lowest BCUT2D eigenvalue weighted by Crippen LogP contribution is -2.21. The Morgan fingerprint density at radius 3 is 2.19 bits per heavy atom. The first-order valence-corrected chi connectivity index (χ1v) is 5.97. The summed E-state index contributed by atoms with van der Waals surface area (Å²) in [5.74, 6) is 0.555. The van der Waals surface area contributed by atoms with E-state index in [1.54, 1.807) is 0 Å². The van der Waals surface area contributed by atoms with Gasteiger partial charge in [-0.05, 0) is 23.6 Å². The van der Waals surface area contributed by atoms with E-state index in [1.165, 1.54) is 5.56 Å². The van der Waals surface area contributed by atoms with Crippen LogP contribution in [0, 0.1) is 5.41 Å². The largest absolute Gasteiger partial charge is 0.299 e. The number of hydrogen-bond donors (Lipinski definition) is 0. The summed E-state index contributed by atoms with van der Waals surface area (Å²) in [6.45, 7) is 7.96. The van der Waals surface area contributed by atoms with Crippen molar-refractivity contribution in [2.45, 2.75) is 40.0 Å². The molecule has 0 aliphatic rings. The van der Waals surface area contributed by atoms with Crippen molar-refractivity contribution in [3.05, 3.63) is 34.9 Å². The standard InChI is InChI=1S/C14H19ClO/c1-10(9-13(16)14(2,3)4)11-5-7-12(15)8-6-11/h5-8,10H,9H2,1-4H3.